The van der Waals surface area contributed by atoms with E-state index in [2.05, 4.69) is 16.7 Å². The molecule has 2 rings (SSSR count). The monoisotopic (exact) mass is 361 g/mol. The van der Waals surface area contributed by atoms with E-state index >= 15 is 0 Å². The van der Waals surface area contributed by atoms with Crippen LogP contribution < -0.4 is 10.6 Å². The fraction of sp³-hybridized carbons (Fsp3) is 0.444. The van der Waals surface area contributed by atoms with Crippen LogP contribution in [0.1, 0.15) is 42.5 Å². The minimum absolute atomic E-state index is 0.0239. The molecule has 0 spiro atoms. The Balaban J connectivity index is 1.80. The van der Waals surface area contributed by atoms with Crippen LogP contribution in [0.2, 0.25) is 0 Å². The van der Waals surface area contributed by atoms with Gasteiger partial charge in [-0.3, -0.25) is 14.9 Å². The molecule has 0 unspecified atom stereocenters. The van der Waals surface area contributed by atoms with Gasteiger partial charge in [0.05, 0.1) is 10.5 Å². The Morgan fingerprint density at radius 1 is 1.31 bits per heavy atom. The summed E-state index contributed by atoms with van der Waals surface area (Å²) in [5.41, 5.74) is 1.44. The van der Waals surface area contributed by atoms with Crippen molar-refractivity contribution < 1.29 is 19.2 Å². The minimum Gasteiger partial charge on any atom is -0.452 e. The molecule has 0 atom stereocenters. The average molecular weight is 361 g/mol. The number of carbonyl (C=O) groups is 2. The summed E-state index contributed by atoms with van der Waals surface area (Å²) in [6.45, 7) is 0.0873. The number of nitrogens with zero attached hydrogens (tertiary/aromatic N) is 1. The number of nitro groups is 1. The Hall–Kier alpha value is -2.90. The van der Waals surface area contributed by atoms with Crippen molar-refractivity contribution in [2.75, 3.05) is 25.5 Å². The van der Waals surface area contributed by atoms with Crippen LogP contribution in [0.3, 0.4) is 0 Å². The molecule has 1 aromatic carbocycles. The molecule has 0 fully saturated rings. The summed E-state index contributed by atoms with van der Waals surface area (Å²) < 4.78 is 4.93. The van der Waals surface area contributed by atoms with E-state index in [-0.39, 0.29) is 11.3 Å². The highest BCUT2D eigenvalue weighted by atomic mass is 16.6. The van der Waals surface area contributed by atoms with Crippen molar-refractivity contribution in [2.24, 2.45) is 0 Å². The van der Waals surface area contributed by atoms with Crippen molar-refractivity contribution in [1.82, 2.24) is 5.32 Å². The first-order valence-corrected chi connectivity index (χ1v) is 8.59. The number of hydrogen-bond donors (Lipinski definition) is 2. The van der Waals surface area contributed by atoms with Crippen molar-refractivity contribution in [1.29, 1.82) is 0 Å². The van der Waals surface area contributed by atoms with Gasteiger partial charge in [0, 0.05) is 19.7 Å². The van der Waals surface area contributed by atoms with Gasteiger partial charge in [-0.15, -0.1) is 0 Å². The first-order valence-electron chi connectivity index (χ1n) is 8.59. The average Bonchev–Trinajstić information content (AvgIpc) is 2.66. The maximum atomic E-state index is 12.0. The lowest BCUT2D eigenvalue weighted by molar-refractivity contribution is -0.384. The van der Waals surface area contributed by atoms with Crippen molar-refractivity contribution in [3.63, 3.8) is 0 Å². The van der Waals surface area contributed by atoms with Crippen LogP contribution >= 0.6 is 0 Å². The molecule has 0 saturated heterocycles. The van der Waals surface area contributed by atoms with Crippen LogP contribution in [-0.2, 0) is 9.53 Å². The van der Waals surface area contributed by atoms with Crippen LogP contribution in [0.4, 0.5) is 11.4 Å². The van der Waals surface area contributed by atoms with E-state index < -0.39 is 23.4 Å². The number of carbonyl (C=O) groups excluding carboxylic acids is 2. The van der Waals surface area contributed by atoms with Gasteiger partial charge in [-0.05, 0) is 44.2 Å². The smallest absolute Gasteiger partial charge is 0.338 e. The molecule has 0 saturated carbocycles. The SMILES string of the molecule is CNc1ccc(C(=O)OCC(=O)NCCC2=CCCCC2)cc1[N+](=O)[O-]. The predicted molar refractivity (Wildman–Crippen MR) is 97.1 cm³/mol. The van der Waals surface area contributed by atoms with Gasteiger partial charge in [-0.2, -0.15) is 0 Å². The molecule has 0 radical (unpaired) electrons. The quantitative estimate of drug-likeness (QED) is 0.319. The van der Waals surface area contributed by atoms with Gasteiger partial charge in [-0.1, -0.05) is 11.6 Å². The third-order valence-electron chi connectivity index (χ3n) is 4.19. The Kier molecular flexibility index (Phi) is 7.13. The lowest BCUT2D eigenvalue weighted by Gasteiger charge is -2.13. The zero-order valence-corrected chi connectivity index (χ0v) is 14.7. The Labute approximate surface area is 151 Å². The van der Waals surface area contributed by atoms with Crippen molar-refractivity contribution in [2.45, 2.75) is 32.1 Å². The number of amides is 1. The van der Waals surface area contributed by atoms with Gasteiger partial charge in [0.1, 0.15) is 5.69 Å². The number of nitro benzene ring substituents is 1. The molecule has 1 amide bonds. The summed E-state index contributed by atoms with van der Waals surface area (Å²) in [5, 5.41) is 16.4. The molecule has 8 nitrogen and oxygen atoms in total. The second-order valence-corrected chi connectivity index (χ2v) is 6.02. The first-order chi connectivity index (χ1) is 12.5. The predicted octanol–water partition coefficient (Wildman–Crippen LogP) is 2.80. The van der Waals surface area contributed by atoms with Crippen LogP contribution in [0, 0.1) is 10.1 Å². The number of ether oxygens (including phenoxy) is 1. The van der Waals surface area contributed by atoms with E-state index in [1.54, 1.807) is 7.05 Å². The third-order valence-corrected chi connectivity index (χ3v) is 4.19. The molecule has 8 heteroatoms. The number of rotatable bonds is 8. The molecule has 0 bridgehead atoms. The highest BCUT2D eigenvalue weighted by Gasteiger charge is 2.18. The van der Waals surface area contributed by atoms with Gasteiger partial charge in [-0.25, -0.2) is 4.79 Å². The lowest BCUT2D eigenvalue weighted by atomic mass is 9.97. The molecule has 1 aromatic rings. The highest BCUT2D eigenvalue weighted by Crippen LogP contribution is 2.25. The van der Waals surface area contributed by atoms with Crippen LogP contribution in [0.25, 0.3) is 0 Å². The van der Waals surface area contributed by atoms with E-state index in [1.165, 1.54) is 30.5 Å². The van der Waals surface area contributed by atoms with Crippen LogP contribution in [-0.4, -0.2) is 37.0 Å². The van der Waals surface area contributed by atoms with Gasteiger partial charge in [0.2, 0.25) is 0 Å². The van der Waals surface area contributed by atoms with E-state index in [0.717, 1.165) is 25.3 Å². The Bertz CT molecular complexity index is 715. The normalized spacial score (nSPS) is 13.5. The summed E-state index contributed by atoms with van der Waals surface area (Å²) in [6, 6.07) is 3.96. The summed E-state index contributed by atoms with van der Waals surface area (Å²) in [7, 11) is 1.55. The summed E-state index contributed by atoms with van der Waals surface area (Å²) >= 11 is 0. The maximum absolute atomic E-state index is 12.0. The highest BCUT2D eigenvalue weighted by molar-refractivity contribution is 5.93. The molecule has 0 aliphatic heterocycles. The number of nitrogens with one attached hydrogen (secondary N) is 2. The summed E-state index contributed by atoms with van der Waals surface area (Å²) in [5.74, 6) is -1.17. The van der Waals surface area contributed by atoms with E-state index in [4.69, 9.17) is 4.74 Å². The van der Waals surface area contributed by atoms with Gasteiger partial charge >= 0.3 is 5.97 Å². The number of anilines is 1. The summed E-state index contributed by atoms with van der Waals surface area (Å²) in [6.07, 6.45) is 7.61. The third kappa shape index (κ3) is 5.58. The Morgan fingerprint density at radius 2 is 2.12 bits per heavy atom. The maximum Gasteiger partial charge on any atom is 0.338 e. The number of hydrogen-bond acceptors (Lipinski definition) is 6. The Morgan fingerprint density at radius 3 is 2.77 bits per heavy atom. The van der Waals surface area contributed by atoms with Gasteiger partial charge in [0.15, 0.2) is 6.61 Å². The topological polar surface area (TPSA) is 111 Å². The second kappa shape index (κ2) is 9.55. The first kappa shape index (κ1) is 19.4. The molecule has 26 heavy (non-hydrogen) atoms. The molecule has 140 valence electrons. The van der Waals surface area contributed by atoms with Gasteiger partial charge < -0.3 is 15.4 Å². The molecule has 2 N–H and O–H groups in total. The van der Waals surface area contributed by atoms with Gasteiger partial charge in [0.25, 0.3) is 11.6 Å². The number of allylic oxidation sites excluding steroid dienone is 1. The van der Waals surface area contributed by atoms with Crippen LogP contribution in [0.15, 0.2) is 29.8 Å². The molecular formula is C18H23N3O5. The van der Waals surface area contributed by atoms with E-state index in [9.17, 15) is 19.7 Å². The molecular weight excluding hydrogens is 338 g/mol. The molecule has 0 heterocycles. The largest absolute Gasteiger partial charge is 0.452 e. The van der Waals surface area contributed by atoms with E-state index in [0.29, 0.717) is 12.2 Å². The zero-order valence-electron chi connectivity index (χ0n) is 14.7. The summed E-state index contributed by atoms with van der Waals surface area (Å²) in [4.78, 5) is 34.2. The number of esters is 1. The molecule has 1 aliphatic rings. The van der Waals surface area contributed by atoms with Crippen LogP contribution in [0.5, 0.6) is 0 Å². The lowest BCUT2D eigenvalue weighted by Crippen LogP contribution is -2.29. The number of benzene rings is 1. The molecule has 1 aliphatic carbocycles. The van der Waals surface area contributed by atoms with Crippen molar-refractivity contribution in [3.8, 4) is 0 Å². The fourth-order valence-electron chi connectivity index (χ4n) is 2.78. The van der Waals surface area contributed by atoms with E-state index in [1.807, 2.05) is 0 Å². The molecule has 0 aromatic heterocycles. The standard InChI is InChI=1S/C18H23N3O5/c1-19-15-8-7-14(11-16(15)21(24)25)18(23)26-12-17(22)20-10-9-13-5-3-2-4-6-13/h5,7-8,11,19H,2-4,6,9-10,12H2,1H3,(H,20,22). The minimum atomic E-state index is -0.777. The van der Waals surface area contributed by atoms with Crippen molar-refractivity contribution >= 4 is 23.3 Å². The fourth-order valence-corrected chi connectivity index (χ4v) is 2.78. The van der Waals surface area contributed by atoms with Crippen molar-refractivity contribution in [3.05, 3.63) is 45.5 Å². The zero-order chi connectivity index (χ0) is 18.9. The second-order valence-electron chi connectivity index (χ2n) is 6.02.